The van der Waals surface area contributed by atoms with Gasteiger partial charge in [0, 0.05) is 52.5 Å². The summed E-state index contributed by atoms with van der Waals surface area (Å²) in [5.74, 6) is 0. The van der Waals surface area contributed by atoms with Crippen molar-refractivity contribution in [1.82, 2.24) is 4.98 Å². The van der Waals surface area contributed by atoms with Crippen molar-refractivity contribution in [2.45, 2.75) is 0 Å². The molecule has 51 heavy (non-hydrogen) atoms. The molecule has 10 aromatic rings. The summed E-state index contributed by atoms with van der Waals surface area (Å²) in [6.45, 7) is 0. The average molecular weight is 704 g/mol. The Hall–Kier alpha value is -5.44. The number of hydrogen-bond acceptors (Lipinski definition) is 3. The van der Waals surface area contributed by atoms with Gasteiger partial charge in [0.15, 0.2) is 0 Å². The van der Waals surface area contributed by atoms with Crippen molar-refractivity contribution in [2.24, 2.45) is 0 Å². The Morgan fingerprint density at radius 2 is 1.00 bits per heavy atom. The predicted octanol–water partition coefficient (Wildman–Crippen LogP) is 12.6. The van der Waals surface area contributed by atoms with Crippen LogP contribution in [-0.2, 0) is 0 Å². The van der Waals surface area contributed by atoms with Crippen molar-refractivity contribution >= 4 is 87.7 Å². The fourth-order valence-corrected chi connectivity index (χ4v) is 12.3. The first-order valence-corrected chi connectivity index (χ1v) is 20.1. The van der Waals surface area contributed by atoms with Gasteiger partial charge in [-0.3, -0.25) is 0 Å². The van der Waals surface area contributed by atoms with Gasteiger partial charge in [0.2, 0.25) is 0 Å². The normalized spacial score (nSPS) is 11.7. The van der Waals surface area contributed by atoms with Gasteiger partial charge in [-0.25, -0.2) is 4.98 Å². The molecule has 0 N–H and O–H groups in total. The summed E-state index contributed by atoms with van der Waals surface area (Å²) in [6.07, 6.45) is 0. The van der Waals surface area contributed by atoms with Crippen LogP contribution in [0.25, 0.3) is 74.0 Å². The van der Waals surface area contributed by atoms with E-state index >= 15 is 0 Å². The highest BCUT2D eigenvalue weighted by atomic mass is 32.1. The molecule has 0 amide bonds. The van der Waals surface area contributed by atoms with Gasteiger partial charge in [0.05, 0.1) is 15.9 Å². The zero-order valence-corrected chi connectivity index (χ0v) is 30.1. The number of nitrogens with zero attached hydrogens (tertiary/aromatic N) is 1. The van der Waals surface area contributed by atoms with Crippen LogP contribution < -0.4 is 15.9 Å². The molecule has 0 unspecified atom stereocenters. The van der Waals surface area contributed by atoms with Crippen molar-refractivity contribution in [1.29, 1.82) is 0 Å². The Balaban J connectivity index is 1.27. The highest BCUT2D eigenvalue weighted by molar-refractivity contribution is 7.79. The molecule has 0 aliphatic heterocycles. The van der Waals surface area contributed by atoms with E-state index in [9.17, 15) is 0 Å². The third-order valence-electron chi connectivity index (χ3n) is 9.67. The minimum absolute atomic E-state index is 0.707. The van der Waals surface area contributed by atoms with E-state index in [0.29, 0.717) is 0 Å². The Labute approximate surface area is 305 Å². The van der Waals surface area contributed by atoms with Gasteiger partial charge in [0.25, 0.3) is 0 Å². The van der Waals surface area contributed by atoms with Crippen LogP contribution in [0.15, 0.2) is 182 Å². The number of para-hydroxylation sites is 1. The molecule has 0 spiro atoms. The molecule has 4 heteroatoms. The molecular formula is C47H30NPS2. The van der Waals surface area contributed by atoms with Crippen LogP contribution in [0, 0.1) is 0 Å². The average Bonchev–Trinajstić information content (AvgIpc) is 3.79. The molecule has 0 fully saturated rings. The van der Waals surface area contributed by atoms with E-state index in [0.717, 1.165) is 16.8 Å². The van der Waals surface area contributed by atoms with Crippen LogP contribution in [0.3, 0.4) is 0 Å². The lowest BCUT2D eigenvalue weighted by molar-refractivity contribution is 1.44. The molecule has 10 rings (SSSR count). The molecule has 0 saturated heterocycles. The van der Waals surface area contributed by atoms with Gasteiger partial charge in [-0.05, 0) is 41.5 Å². The smallest absolute Gasteiger partial charge is 0.0888 e. The van der Waals surface area contributed by atoms with E-state index < -0.39 is 7.92 Å². The van der Waals surface area contributed by atoms with Gasteiger partial charge in [-0.2, -0.15) is 0 Å². The second-order valence-corrected chi connectivity index (χ2v) is 17.0. The first-order valence-electron chi connectivity index (χ1n) is 17.1. The van der Waals surface area contributed by atoms with Crippen molar-refractivity contribution < 1.29 is 0 Å². The van der Waals surface area contributed by atoms with Gasteiger partial charge in [-0.15, -0.1) is 22.7 Å². The van der Waals surface area contributed by atoms with E-state index in [1.807, 2.05) is 22.7 Å². The highest BCUT2D eigenvalue weighted by Crippen LogP contribution is 2.52. The fourth-order valence-electron chi connectivity index (χ4n) is 7.37. The summed E-state index contributed by atoms with van der Waals surface area (Å²) >= 11 is 3.78. The maximum Gasteiger partial charge on any atom is 0.0888 e. The molecule has 0 saturated carbocycles. The molecule has 3 heterocycles. The Kier molecular flexibility index (Phi) is 7.57. The maximum absolute atomic E-state index is 5.33. The van der Waals surface area contributed by atoms with Crippen LogP contribution in [0.5, 0.6) is 0 Å². The number of benzene rings is 7. The molecule has 3 aromatic heterocycles. The van der Waals surface area contributed by atoms with Crippen molar-refractivity contribution in [3.8, 4) is 32.8 Å². The topological polar surface area (TPSA) is 12.9 Å². The minimum atomic E-state index is -0.707. The molecule has 0 aliphatic rings. The van der Waals surface area contributed by atoms with Gasteiger partial charge in [-0.1, -0.05) is 170 Å². The number of thiophene rings is 2. The van der Waals surface area contributed by atoms with E-state index in [1.54, 1.807) is 0 Å². The van der Waals surface area contributed by atoms with Crippen LogP contribution in [0.1, 0.15) is 0 Å². The minimum Gasteiger partial charge on any atom is -0.246 e. The second-order valence-electron chi connectivity index (χ2n) is 12.7. The third-order valence-corrected chi connectivity index (χ3v) is 14.6. The molecule has 1 nitrogen and oxygen atoms in total. The number of hydrogen-bond donors (Lipinski definition) is 0. The number of fused-ring (bicyclic) bond motifs is 6. The number of rotatable bonds is 6. The summed E-state index contributed by atoms with van der Waals surface area (Å²) in [5, 5.41) is 9.15. The number of pyridine rings is 1. The first-order chi connectivity index (χ1) is 25.3. The summed E-state index contributed by atoms with van der Waals surface area (Å²) < 4.78 is 3.88. The SMILES string of the molecule is c1ccc(-c2nc3ccccc3c3c(-c4ccc(P(c5ccccc5)c5ccccc5)cc4)c(-c4cccc5c4sc4ccccc45)sc23)cc1. The maximum atomic E-state index is 5.33. The van der Waals surface area contributed by atoms with Crippen molar-refractivity contribution in [2.75, 3.05) is 0 Å². The molecule has 7 aromatic carbocycles. The van der Waals surface area contributed by atoms with Gasteiger partial charge >= 0.3 is 0 Å². The van der Waals surface area contributed by atoms with E-state index in [2.05, 4.69) is 182 Å². The zero-order chi connectivity index (χ0) is 33.7. The summed E-state index contributed by atoms with van der Waals surface area (Å²) in [4.78, 5) is 6.62. The summed E-state index contributed by atoms with van der Waals surface area (Å²) in [5.41, 5.74) is 6.99. The van der Waals surface area contributed by atoms with E-state index in [1.165, 1.54) is 73.1 Å². The Morgan fingerprint density at radius 3 is 1.73 bits per heavy atom. The first kappa shape index (κ1) is 30.4. The summed E-state index contributed by atoms with van der Waals surface area (Å²) in [7, 11) is -0.707. The Morgan fingerprint density at radius 1 is 0.412 bits per heavy atom. The zero-order valence-electron chi connectivity index (χ0n) is 27.5. The largest absolute Gasteiger partial charge is 0.246 e. The molecule has 0 radical (unpaired) electrons. The lowest BCUT2D eigenvalue weighted by Crippen LogP contribution is -2.20. The molecular weight excluding hydrogens is 674 g/mol. The van der Waals surface area contributed by atoms with Gasteiger partial charge < -0.3 is 0 Å². The monoisotopic (exact) mass is 703 g/mol. The van der Waals surface area contributed by atoms with Crippen LogP contribution in [0.4, 0.5) is 0 Å². The van der Waals surface area contributed by atoms with Crippen LogP contribution in [-0.4, -0.2) is 4.98 Å². The number of aromatic nitrogens is 1. The molecule has 240 valence electrons. The fraction of sp³-hybridized carbons (Fsp3) is 0. The molecule has 0 atom stereocenters. The Bertz CT molecular complexity index is 2800. The van der Waals surface area contributed by atoms with Crippen LogP contribution >= 0.6 is 30.6 Å². The van der Waals surface area contributed by atoms with E-state index in [-0.39, 0.29) is 0 Å². The molecule has 0 aliphatic carbocycles. The second kappa shape index (κ2) is 12.7. The van der Waals surface area contributed by atoms with Crippen molar-refractivity contribution in [3.05, 3.63) is 182 Å². The third kappa shape index (κ3) is 5.20. The van der Waals surface area contributed by atoms with E-state index in [4.69, 9.17) is 4.98 Å². The van der Waals surface area contributed by atoms with Gasteiger partial charge in [0.1, 0.15) is 0 Å². The molecule has 0 bridgehead atoms. The van der Waals surface area contributed by atoms with Crippen LogP contribution in [0.2, 0.25) is 0 Å². The lowest BCUT2D eigenvalue weighted by Gasteiger charge is -2.20. The lowest BCUT2D eigenvalue weighted by atomic mass is 9.95. The predicted molar refractivity (Wildman–Crippen MR) is 225 cm³/mol. The summed E-state index contributed by atoms with van der Waals surface area (Å²) in [6, 6.07) is 66.4. The quantitative estimate of drug-likeness (QED) is 0.157. The standard InChI is InChI=1S/C47H30NPS2/c1-4-15-32(16-5-1)44-47-43(38-22-10-12-25-40(38)48-44)42(46(51-47)39-24-14-23-37-36-21-11-13-26-41(36)50-45(37)39)31-27-29-35(30-28-31)49(33-17-6-2-7-18-33)34-19-8-3-9-20-34/h1-30H. The highest BCUT2D eigenvalue weighted by Gasteiger charge is 2.25. The van der Waals surface area contributed by atoms with Crippen molar-refractivity contribution in [3.63, 3.8) is 0 Å².